The van der Waals surface area contributed by atoms with Crippen molar-refractivity contribution in [2.24, 2.45) is 0 Å². The van der Waals surface area contributed by atoms with Crippen molar-refractivity contribution in [3.63, 3.8) is 0 Å². The maximum atomic E-state index is 11.4. The summed E-state index contributed by atoms with van der Waals surface area (Å²) >= 11 is 5.78. The van der Waals surface area contributed by atoms with Gasteiger partial charge in [0.15, 0.2) is 0 Å². The third-order valence-electron chi connectivity index (χ3n) is 2.80. The molecule has 2 unspecified atom stereocenters. The summed E-state index contributed by atoms with van der Waals surface area (Å²) in [6, 6.07) is 7.31. The van der Waals surface area contributed by atoms with Crippen molar-refractivity contribution in [2.75, 3.05) is 7.05 Å². The number of nitrogens with zero attached hydrogens (tertiary/aromatic N) is 1. The van der Waals surface area contributed by atoms with E-state index in [1.54, 1.807) is 24.1 Å². The molecular formula is C11H12ClNO2. The molecule has 3 nitrogen and oxygen atoms in total. The average molecular weight is 226 g/mol. The zero-order valence-electron chi connectivity index (χ0n) is 8.35. The van der Waals surface area contributed by atoms with Crippen molar-refractivity contribution in [3.05, 3.63) is 34.9 Å². The van der Waals surface area contributed by atoms with E-state index in [9.17, 15) is 9.90 Å². The molecular weight excluding hydrogens is 214 g/mol. The van der Waals surface area contributed by atoms with Crippen LogP contribution in [0, 0.1) is 0 Å². The van der Waals surface area contributed by atoms with Gasteiger partial charge < -0.3 is 10.0 Å². The van der Waals surface area contributed by atoms with Crippen molar-refractivity contribution in [1.29, 1.82) is 0 Å². The second-order valence-corrected chi connectivity index (χ2v) is 4.20. The van der Waals surface area contributed by atoms with Crippen molar-refractivity contribution in [3.8, 4) is 0 Å². The highest BCUT2D eigenvalue weighted by molar-refractivity contribution is 6.30. The number of hydrogen-bond donors (Lipinski definition) is 1. The molecule has 0 radical (unpaired) electrons. The summed E-state index contributed by atoms with van der Waals surface area (Å²) in [7, 11) is 1.71. The summed E-state index contributed by atoms with van der Waals surface area (Å²) in [4.78, 5) is 13.0. The molecule has 80 valence electrons. The van der Waals surface area contributed by atoms with Gasteiger partial charge in [0.1, 0.15) is 6.10 Å². The van der Waals surface area contributed by atoms with Crippen LogP contribution in [-0.4, -0.2) is 29.1 Å². The highest BCUT2D eigenvalue weighted by Crippen LogP contribution is 2.31. The number of likely N-dealkylation sites (N-methyl/N-ethyl adjacent to an activating group) is 1. The number of likely N-dealkylation sites (tertiary alicyclic amines) is 1. The minimum absolute atomic E-state index is 0.0373. The second kappa shape index (κ2) is 3.83. The molecule has 0 saturated carbocycles. The first kappa shape index (κ1) is 10.5. The van der Waals surface area contributed by atoms with Crippen molar-refractivity contribution in [1.82, 2.24) is 4.90 Å². The van der Waals surface area contributed by atoms with E-state index in [1.807, 2.05) is 12.1 Å². The zero-order chi connectivity index (χ0) is 11.0. The molecule has 4 heteroatoms. The number of rotatable bonds is 1. The van der Waals surface area contributed by atoms with Gasteiger partial charge in [-0.25, -0.2) is 0 Å². The smallest absolute Gasteiger partial charge is 0.251 e. The Bertz CT molecular complexity index is 377. The Morgan fingerprint density at radius 1 is 1.40 bits per heavy atom. The second-order valence-electron chi connectivity index (χ2n) is 3.77. The predicted octanol–water partition coefficient (Wildman–Crippen LogP) is 1.60. The van der Waals surface area contributed by atoms with Crippen LogP contribution in [0.5, 0.6) is 0 Å². The lowest BCUT2D eigenvalue weighted by atomic mass is 10.0. The van der Waals surface area contributed by atoms with Gasteiger partial charge >= 0.3 is 0 Å². The first-order chi connectivity index (χ1) is 7.09. The highest BCUT2D eigenvalue weighted by Gasteiger charge is 2.36. The number of amides is 1. The first-order valence-electron chi connectivity index (χ1n) is 4.80. The van der Waals surface area contributed by atoms with Crippen LogP contribution in [0.25, 0.3) is 0 Å². The van der Waals surface area contributed by atoms with Gasteiger partial charge in [-0.15, -0.1) is 0 Å². The lowest BCUT2D eigenvalue weighted by molar-refractivity contribution is -0.134. The monoisotopic (exact) mass is 225 g/mol. The third-order valence-corrected chi connectivity index (χ3v) is 3.05. The van der Waals surface area contributed by atoms with Crippen LogP contribution in [0.4, 0.5) is 0 Å². The van der Waals surface area contributed by atoms with Gasteiger partial charge in [-0.3, -0.25) is 4.79 Å². The maximum absolute atomic E-state index is 11.4. The molecule has 1 heterocycles. The molecule has 0 spiro atoms. The number of hydrogen-bond acceptors (Lipinski definition) is 2. The topological polar surface area (TPSA) is 40.5 Å². The van der Waals surface area contributed by atoms with E-state index >= 15 is 0 Å². The molecule has 1 aliphatic rings. The summed E-state index contributed by atoms with van der Waals surface area (Å²) in [5.41, 5.74) is 1.01. The maximum Gasteiger partial charge on any atom is 0.251 e. The summed E-state index contributed by atoms with van der Waals surface area (Å²) in [6.07, 6.45) is -0.410. The van der Waals surface area contributed by atoms with E-state index in [4.69, 9.17) is 11.6 Å². The van der Waals surface area contributed by atoms with Crippen molar-refractivity contribution < 1.29 is 9.90 Å². The Morgan fingerprint density at radius 2 is 2.00 bits per heavy atom. The van der Waals surface area contributed by atoms with Gasteiger partial charge in [-0.1, -0.05) is 23.7 Å². The van der Waals surface area contributed by atoms with Crippen molar-refractivity contribution >= 4 is 17.5 Å². The molecule has 1 aromatic rings. The fraction of sp³-hybridized carbons (Fsp3) is 0.364. The average Bonchev–Trinajstić information content (AvgIpc) is 2.47. The van der Waals surface area contributed by atoms with E-state index in [1.165, 1.54) is 0 Å². The molecule has 0 bridgehead atoms. The van der Waals surface area contributed by atoms with Gasteiger partial charge in [0.05, 0.1) is 6.04 Å². The fourth-order valence-electron chi connectivity index (χ4n) is 1.90. The van der Waals surface area contributed by atoms with Gasteiger partial charge in [0, 0.05) is 18.5 Å². The molecule has 1 aromatic carbocycles. The Balaban J connectivity index is 2.25. The molecule has 0 aliphatic carbocycles. The Labute approximate surface area is 93.3 Å². The van der Waals surface area contributed by atoms with Crippen molar-refractivity contribution in [2.45, 2.75) is 18.6 Å². The Kier molecular flexibility index (Phi) is 2.67. The number of carbonyl (C=O) groups excluding carboxylic acids is 1. The fourth-order valence-corrected chi connectivity index (χ4v) is 2.03. The van der Waals surface area contributed by atoms with Crippen LogP contribution in [0.1, 0.15) is 18.0 Å². The van der Waals surface area contributed by atoms with Crippen LogP contribution in [0.15, 0.2) is 24.3 Å². The van der Waals surface area contributed by atoms with Gasteiger partial charge in [-0.05, 0) is 17.7 Å². The molecule has 15 heavy (non-hydrogen) atoms. The number of aliphatic hydroxyl groups is 1. The van der Waals surface area contributed by atoms with E-state index in [0.717, 1.165) is 5.56 Å². The largest absolute Gasteiger partial charge is 0.383 e. The minimum atomic E-state index is -0.865. The Morgan fingerprint density at radius 3 is 2.47 bits per heavy atom. The molecule has 0 aromatic heterocycles. The molecule has 1 N–H and O–H groups in total. The SMILES string of the molecule is CN1C(=O)C(O)CC1c1ccc(Cl)cc1. The highest BCUT2D eigenvalue weighted by atomic mass is 35.5. The van der Waals surface area contributed by atoms with Crippen LogP contribution in [-0.2, 0) is 4.79 Å². The van der Waals surface area contributed by atoms with Gasteiger partial charge in [0.25, 0.3) is 5.91 Å². The van der Waals surface area contributed by atoms with E-state index in [2.05, 4.69) is 0 Å². The summed E-state index contributed by atoms with van der Waals surface area (Å²) in [5, 5.41) is 10.1. The molecule has 2 atom stereocenters. The zero-order valence-corrected chi connectivity index (χ0v) is 9.11. The van der Waals surface area contributed by atoms with Gasteiger partial charge in [-0.2, -0.15) is 0 Å². The number of carbonyl (C=O) groups is 1. The van der Waals surface area contributed by atoms with Crippen LogP contribution < -0.4 is 0 Å². The lowest BCUT2D eigenvalue weighted by Crippen LogP contribution is -2.26. The Hall–Kier alpha value is -1.06. The molecule has 1 aliphatic heterocycles. The predicted molar refractivity (Wildman–Crippen MR) is 57.6 cm³/mol. The van der Waals surface area contributed by atoms with Crippen LogP contribution in [0.2, 0.25) is 5.02 Å². The molecule has 1 saturated heterocycles. The van der Waals surface area contributed by atoms with Gasteiger partial charge in [0.2, 0.25) is 0 Å². The summed E-state index contributed by atoms with van der Waals surface area (Å²) < 4.78 is 0. The standard InChI is InChI=1S/C11H12ClNO2/c1-13-9(6-10(14)11(13)15)7-2-4-8(12)5-3-7/h2-5,9-10,14H,6H2,1H3. The summed E-state index contributed by atoms with van der Waals surface area (Å²) in [5.74, 6) is -0.213. The van der Waals surface area contributed by atoms with E-state index in [0.29, 0.717) is 11.4 Å². The molecule has 1 fully saturated rings. The number of halogens is 1. The van der Waals surface area contributed by atoms with E-state index in [-0.39, 0.29) is 11.9 Å². The van der Waals surface area contributed by atoms with Crippen LogP contribution in [0.3, 0.4) is 0 Å². The van der Waals surface area contributed by atoms with Crippen LogP contribution >= 0.6 is 11.6 Å². The first-order valence-corrected chi connectivity index (χ1v) is 5.17. The minimum Gasteiger partial charge on any atom is -0.383 e. The number of aliphatic hydroxyl groups excluding tert-OH is 1. The molecule has 2 rings (SSSR count). The van der Waals surface area contributed by atoms with E-state index < -0.39 is 6.10 Å². The quantitative estimate of drug-likeness (QED) is 0.789. The lowest BCUT2D eigenvalue weighted by Gasteiger charge is -2.19. The summed E-state index contributed by atoms with van der Waals surface area (Å²) in [6.45, 7) is 0. The molecule has 1 amide bonds. The third kappa shape index (κ3) is 1.85. The normalized spacial score (nSPS) is 26.1. The number of benzene rings is 1.